The van der Waals surface area contributed by atoms with Gasteiger partial charge in [-0.3, -0.25) is 0 Å². The zero-order valence-electron chi connectivity index (χ0n) is 19.1. The second-order valence-corrected chi connectivity index (χ2v) is 10.9. The molecule has 0 saturated heterocycles. The Morgan fingerprint density at radius 3 is 2.41 bits per heavy atom. The van der Waals surface area contributed by atoms with Crippen LogP contribution in [0.3, 0.4) is 0 Å². The van der Waals surface area contributed by atoms with Crippen LogP contribution in [0.2, 0.25) is 5.02 Å². The summed E-state index contributed by atoms with van der Waals surface area (Å²) in [6, 6.07) is 11.9. The summed E-state index contributed by atoms with van der Waals surface area (Å²) in [5.74, 6) is 0. The topological polar surface area (TPSA) is 98.5 Å². The Labute approximate surface area is 213 Å². The Hall–Kier alpha value is -2.55. The fraction of sp³-hybridized carbons (Fsp3) is 0.360. The molecule has 174 valence electrons. The molecule has 1 saturated carbocycles. The summed E-state index contributed by atoms with van der Waals surface area (Å²) in [6.07, 6.45) is 3.09. The van der Waals surface area contributed by atoms with Crippen LogP contribution >= 0.6 is 35.0 Å². The van der Waals surface area contributed by atoms with Crippen LogP contribution in [0.1, 0.15) is 46.2 Å². The van der Waals surface area contributed by atoms with Gasteiger partial charge in [-0.2, -0.15) is 15.6 Å². The summed E-state index contributed by atoms with van der Waals surface area (Å²) in [7, 11) is 0. The SMILES string of the molecule is Cc1c(C)c(Sc2ncnn2CC(O)(Cc2ccccc2Cl)C2(Cl)CC2)c(C#N)c(C)c1C#N. The van der Waals surface area contributed by atoms with Crippen LogP contribution in [-0.4, -0.2) is 30.3 Å². The minimum absolute atomic E-state index is 0.124. The Morgan fingerprint density at radius 1 is 1.12 bits per heavy atom. The van der Waals surface area contributed by atoms with Crippen molar-refractivity contribution in [2.75, 3.05) is 0 Å². The molecular formula is C25H23Cl2N5OS. The molecule has 0 amide bonds. The van der Waals surface area contributed by atoms with E-state index in [-0.39, 0.29) is 13.0 Å². The minimum Gasteiger partial charge on any atom is -0.386 e. The maximum absolute atomic E-state index is 11.8. The van der Waals surface area contributed by atoms with E-state index in [1.54, 1.807) is 17.7 Å². The van der Waals surface area contributed by atoms with Gasteiger partial charge in [-0.15, -0.1) is 11.6 Å². The average molecular weight is 512 g/mol. The van der Waals surface area contributed by atoms with Crippen molar-refractivity contribution in [1.82, 2.24) is 14.8 Å². The average Bonchev–Trinajstić information content (AvgIpc) is 3.43. The lowest BCUT2D eigenvalue weighted by Crippen LogP contribution is -2.47. The number of alkyl halides is 1. The van der Waals surface area contributed by atoms with Crippen LogP contribution in [0.4, 0.5) is 0 Å². The Balaban J connectivity index is 1.71. The molecule has 0 aliphatic heterocycles. The van der Waals surface area contributed by atoms with Crippen LogP contribution in [0.15, 0.2) is 40.6 Å². The molecule has 0 spiro atoms. The molecule has 1 aliphatic carbocycles. The van der Waals surface area contributed by atoms with E-state index in [1.165, 1.54) is 18.1 Å². The maximum Gasteiger partial charge on any atom is 0.191 e. The lowest BCUT2D eigenvalue weighted by Gasteiger charge is -2.33. The highest BCUT2D eigenvalue weighted by Crippen LogP contribution is 2.53. The van der Waals surface area contributed by atoms with E-state index in [2.05, 4.69) is 22.2 Å². The Kier molecular flexibility index (Phi) is 6.68. The Morgan fingerprint density at radius 2 is 1.79 bits per heavy atom. The van der Waals surface area contributed by atoms with Gasteiger partial charge in [0.1, 0.15) is 18.0 Å². The standard InChI is InChI=1S/C25H23Cl2N5OS/c1-15-16(2)22(20(12-29)17(3)19(15)11-28)34-23-30-14-31-32(23)13-25(33,24(27)8-9-24)10-18-6-4-5-7-21(18)26/h4-7,14,33H,8-10,13H2,1-3H3. The third kappa shape index (κ3) is 4.30. The molecule has 1 heterocycles. The molecular weight excluding hydrogens is 489 g/mol. The van der Waals surface area contributed by atoms with Crippen LogP contribution < -0.4 is 0 Å². The van der Waals surface area contributed by atoms with Gasteiger partial charge in [-0.25, -0.2) is 9.67 Å². The number of nitriles is 2. The highest BCUT2D eigenvalue weighted by Gasteiger charge is 2.58. The van der Waals surface area contributed by atoms with Gasteiger partial charge >= 0.3 is 0 Å². The summed E-state index contributed by atoms with van der Waals surface area (Å²) in [6.45, 7) is 5.68. The quantitative estimate of drug-likeness (QED) is 0.420. The van der Waals surface area contributed by atoms with Crippen molar-refractivity contribution in [1.29, 1.82) is 10.5 Å². The van der Waals surface area contributed by atoms with Crippen molar-refractivity contribution >= 4 is 35.0 Å². The first kappa shape index (κ1) is 24.6. The molecule has 3 aromatic rings. The highest BCUT2D eigenvalue weighted by atomic mass is 35.5. The molecule has 0 bridgehead atoms. The van der Waals surface area contributed by atoms with E-state index in [9.17, 15) is 15.6 Å². The van der Waals surface area contributed by atoms with E-state index in [4.69, 9.17) is 23.2 Å². The fourth-order valence-corrected chi connectivity index (χ4v) is 5.75. The number of rotatable bonds is 7. The van der Waals surface area contributed by atoms with Crippen molar-refractivity contribution < 1.29 is 5.11 Å². The first-order valence-corrected chi connectivity index (χ1v) is 12.4. The first-order chi connectivity index (χ1) is 16.1. The van der Waals surface area contributed by atoms with Crippen molar-refractivity contribution in [2.24, 2.45) is 0 Å². The lowest BCUT2D eigenvalue weighted by atomic mass is 9.89. The number of halogens is 2. The lowest BCUT2D eigenvalue weighted by molar-refractivity contribution is 0.00526. The summed E-state index contributed by atoms with van der Waals surface area (Å²) in [5, 5.41) is 36.6. The molecule has 9 heteroatoms. The molecule has 6 nitrogen and oxygen atoms in total. The molecule has 1 aromatic heterocycles. The van der Waals surface area contributed by atoms with E-state index in [0.717, 1.165) is 21.6 Å². The molecule has 1 aliphatic rings. The predicted molar refractivity (Wildman–Crippen MR) is 132 cm³/mol. The second-order valence-electron chi connectivity index (χ2n) is 8.75. The Bertz CT molecular complexity index is 1350. The van der Waals surface area contributed by atoms with Gasteiger partial charge in [0, 0.05) is 16.3 Å². The van der Waals surface area contributed by atoms with Crippen LogP contribution in [0.5, 0.6) is 0 Å². The van der Waals surface area contributed by atoms with Crippen molar-refractivity contribution in [2.45, 2.75) is 67.1 Å². The number of nitrogens with zero attached hydrogens (tertiary/aromatic N) is 5. The van der Waals surface area contributed by atoms with E-state index in [1.807, 2.05) is 32.0 Å². The third-order valence-electron chi connectivity index (χ3n) is 6.63. The number of hydrogen-bond acceptors (Lipinski definition) is 6. The molecule has 1 N–H and O–H groups in total. The molecule has 1 fully saturated rings. The summed E-state index contributed by atoms with van der Waals surface area (Å²) in [4.78, 5) is 4.36. The van der Waals surface area contributed by atoms with Gasteiger partial charge in [0.25, 0.3) is 0 Å². The molecule has 1 atom stereocenters. The molecule has 2 aromatic carbocycles. The number of hydrogen-bond donors (Lipinski definition) is 1. The van der Waals surface area contributed by atoms with Crippen molar-refractivity contribution in [3.63, 3.8) is 0 Å². The van der Waals surface area contributed by atoms with Gasteiger partial charge in [0.2, 0.25) is 0 Å². The van der Waals surface area contributed by atoms with Gasteiger partial charge in [-0.05, 0) is 73.7 Å². The summed E-state index contributed by atoms with van der Waals surface area (Å²) in [5.41, 5.74) is 2.81. The van der Waals surface area contributed by atoms with Crippen LogP contribution in [-0.2, 0) is 13.0 Å². The summed E-state index contributed by atoms with van der Waals surface area (Å²) < 4.78 is 1.63. The van der Waals surface area contributed by atoms with E-state index in [0.29, 0.717) is 39.7 Å². The maximum atomic E-state index is 11.8. The van der Waals surface area contributed by atoms with Crippen molar-refractivity contribution in [3.8, 4) is 12.1 Å². The zero-order valence-corrected chi connectivity index (χ0v) is 21.4. The second kappa shape index (κ2) is 9.24. The smallest absolute Gasteiger partial charge is 0.191 e. The zero-order chi connectivity index (χ0) is 24.7. The first-order valence-electron chi connectivity index (χ1n) is 10.8. The number of benzene rings is 2. The van der Waals surface area contributed by atoms with E-state index < -0.39 is 10.5 Å². The summed E-state index contributed by atoms with van der Waals surface area (Å²) >= 11 is 14.5. The van der Waals surface area contributed by atoms with Gasteiger partial charge in [0.05, 0.1) is 28.6 Å². The van der Waals surface area contributed by atoms with Gasteiger partial charge < -0.3 is 5.11 Å². The fourth-order valence-electron chi connectivity index (χ4n) is 4.22. The highest BCUT2D eigenvalue weighted by molar-refractivity contribution is 7.99. The molecule has 1 unspecified atom stereocenters. The molecule has 4 rings (SSSR count). The number of aliphatic hydroxyl groups is 1. The number of aromatic nitrogens is 3. The minimum atomic E-state index is -1.30. The monoisotopic (exact) mass is 511 g/mol. The molecule has 34 heavy (non-hydrogen) atoms. The van der Waals surface area contributed by atoms with Crippen LogP contribution in [0.25, 0.3) is 0 Å². The largest absolute Gasteiger partial charge is 0.386 e. The van der Waals surface area contributed by atoms with E-state index >= 15 is 0 Å². The normalized spacial score (nSPS) is 15.9. The molecule has 0 radical (unpaired) electrons. The van der Waals surface area contributed by atoms with Crippen LogP contribution in [0, 0.1) is 43.4 Å². The predicted octanol–water partition coefficient (Wildman–Crippen LogP) is 5.50. The van der Waals surface area contributed by atoms with Gasteiger partial charge in [0.15, 0.2) is 5.16 Å². The van der Waals surface area contributed by atoms with Crippen molar-refractivity contribution in [3.05, 3.63) is 69.0 Å². The third-order valence-corrected chi connectivity index (χ3v) is 8.94. The van der Waals surface area contributed by atoms with Gasteiger partial charge in [-0.1, -0.05) is 29.8 Å².